The van der Waals surface area contributed by atoms with Crippen LogP contribution in [0.2, 0.25) is 0 Å². The Kier molecular flexibility index (Phi) is 8.83. The van der Waals surface area contributed by atoms with Gasteiger partial charge in [-0.3, -0.25) is 9.59 Å². The van der Waals surface area contributed by atoms with Gasteiger partial charge in [0.1, 0.15) is 12.1 Å². The Morgan fingerprint density at radius 2 is 1.14 bits per heavy atom. The highest BCUT2D eigenvalue weighted by atomic mass is 16.4. The largest absolute Gasteiger partial charge is 0.480 e. The van der Waals surface area contributed by atoms with E-state index in [1.54, 1.807) is 0 Å². The van der Waals surface area contributed by atoms with Gasteiger partial charge in [0, 0.05) is 0 Å². The lowest BCUT2D eigenvalue weighted by molar-refractivity contribution is -0.140. The fourth-order valence-corrected chi connectivity index (χ4v) is 3.25. The van der Waals surface area contributed by atoms with E-state index in [2.05, 4.69) is 10.6 Å². The summed E-state index contributed by atoms with van der Waals surface area (Å²) in [6.45, 7) is 4.93. The molecule has 0 spiro atoms. The monoisotopic (exact) mass is 398 g/mol. The third-order valence-electron chi connectivity index (χ3n) is 5.10. The fourth-order valence-electron chi connectivity index (χ4n) is 3.25. The van der Waals surface area contributed by atoms with Crippen LogP contribution in [0.4, 0.5) is 0 Å². The van der Waals surface area contributed by atoms with Crippen molar-refractivity contribution in [2.24, 2.45) is 0 Å². The van der Waals surface area contributed by atoms with Crippen LogP contribution in [0.15, 0.2) is 48.5 Å². The number of benzene rings is 2. The molecule has 0 aliphatic carbocycles. The molecule has 0 aliphatic rings. The van der Waals surface area contributed by atoms with Crippen LogP contribution in [0.5, 0.6) is 0 Å². The van der Waals surface area contributed by atoms with E-state index in [0.29, 0.717) is 32.4 Å². The second kappa shape index (κ2) is 11.3. The minimum atomic E-state index is -0.885. The molecule has 2 rings (SSSR count). The van der Waals surface area contributed by atoms with Gasteiger partial charge in [-0.25, -0.2) is 0 Å². The minimum absolute atomic E-state index is 0.417. The topological polar surface area (TPSA) is 98.7 Å². The Bertz CT molecular complexity index is 755. The van der Waals surface area contributed by atoms with Crippen molar-refractivity contribution < 1.29 is 19.8 Å². The number of aliphatic carboxylic acids is 2. The standard InChI is InChI=1S/C23H30N2O4/c1-16-8-3-5-10-18(16)14-20(22(26)27)24-12-7-13-25-21(23(28)29)15-19-11-6-4-9-17(19)2/h3-6,8-11,20-21,24-25H,7,12-15H2,1-2H3,(H,26,27)(H,28,29)/t20-,21-/m0/s1. The first-order valence-electron chi connectivity index (χ1n) is 9.90. The molecule has 0 unspecified atom stereocenters. The second-order valence-corrected chi connectivity index (χ2v) is 7.30. The molecule has 2 aromatic carbocycles. The summed E-state index contributed by atoms with van der Waals surface area (Å²) in [5.74, 6) is -1.77. The third-order valence-corrected chi connectivity index (χ3v) is 5.10. The molecule has 0 amide bonds. The summed E-state index contributed by atoms with van der Waals surface area (Å²) in [6, 6.07) is 14.2. The molecule has 2 atom stereocenters. The number of nitrogens with one attached hydrogen (secondary N) is 2. The lowest BCUT2D eigenvalue weighted by Crippen LogP contribution is -2.42. The van der Waals surface area contributed by atoms with Crippen LogP contribution in [0.25, 0.3) is 0 Å². The number of carbonyl (C=O) groups is 2. The second-order valence-electron chi connectivity index (χ2n) is 7.30. The van der Waals surface area contributed by atoms with Gasteiger partial charge in [0.15, 0.2) is 0 Å². The highest BCUT2D eigenvalue weighted by Crippen LogP contribution is 2.11. The molecule has 6 nitrogen and oxygen atoms in total. The fraction of sp³-hybridized carbons (Fsp3) is 0.391. The minimum Gasteiger partial charge on any atom is -0.480 e. The summed E-state index contributed by atoms with van der Waals surface area (Å²) in [4.78, 5) is 23.1. The van der Waals surface area contributed by atoms with Crippen LogP contribution in [0, 0.1) is 13.8 Å². The summed E-state index contributed by atoms with van der Waals surface area (Å²) in [5, 5.41) is 25.1. The molecule has 4 N–H and O–H groups in total. The van der Waals surface area contributed by atoms with Gasteiger partial charge in [0.25, 0.3) is 0 Å². The number of aryl methyl sites for hydroxylation is 2. The van der Waals surface area contributed by atoms with Crippen molar-refractivity contribution in [1.29, 1.82) is 0 Å². The number of hydrogen-bond acceptors (Lipinski definition) is 4. The van der Waals surface area contributed by atoms with Gasteiger partial charge in [-0.05, 0) is 68.5 Å². The van der Waals surface area contributed by atoms with Crippen molar-refractivity contribution in [3.05, 3.63) is 70.8 Å². The molecule has 0 heterocycles. The van der Waals surface area contributed by atoms with Gasteiger partial charge in [-0.15, -0.1) is 0 Å². The summed E-state index contributed by atoms with van der Waals surface area (Å²) in [5.41, 5.74) is 4.16. The molecule has 0 bridgehead atoms. The van der Waals surface area contributed by atoms with Gasteiger partial charge in [0.05, 0.1) is 0 Å². The highest BCUT2D eigenvalue weighted by Gasteiger charge is 2.19. The summed E-state index contributed by atoms with van der Waals surface area (Å²) >= 11 is 0. The molecule has 2 aromatic rings. The zero-order chi connectivity index (χ0) is 21.2. The van der Waals surface area contributed by atoms with Gasteiger partial charge in [0.2, 0.25) is 0 Å². The van der Waals surface area contributed by atoms with Gasteiger partial charge in [-0.1, -0.05) is 48.5 Å². The average Bonchev–Trinajstić information content (AvgIpc) is 2.68. The Labute approximate surface area is 172 Å². The van der Waals surface area contributed by atoms with E-state index >= 15 is 0 Å². The van der Waals surface area contributed by atoms with Crippen LogP contribution >= 0.6 is 0 Å². The summed E-state index contributed by atoms with van der Waals surface area (Å²) in [6.07, 6.45) is 1.47. The lowest BCUT2D eigenvalue weighted by Gasteiger charge is -2.18. The Morgan fingerprint density at radius 1 is 0.759 bits per heavy atom. The molecule has 29 heavy (non-hydrogen) atoms. The van der Waals surface area contributed by atoms with Crippen molar-refractivity contribution >= 4 is 11.9 Å². The zero-order valence-corrected chi connectivity index (χ0v) is 17.0. The maximum absolute atomic E-state index is 11.6. The van der Waals surface area contributed by atoms with E-state index < -0.39 is 24.0 Å². The maximum atomic E-state index is 11.6. The highest BCUT2D eigenvalue weighted by molar-refractivity contribution is 5.74. The van der Waals surface area contributed by atoms with E-state index in [0.717, 1.165) is 22.3 Å². The van der Waals surface area contributed by atoms with E-state index in [-0.39, 0.29) is 0 Å². The summed E-state index contributed by atoms with van der Waals surface area (Å²) in [7, 11) is 0. The van der Waals surface area contributed by atoms with Crippen LogP contribution in [-0.2, 0) is 22.4 Å². The van der Waals surface area contributed by atoms with Gasteiger partial charge in [-0.2, -0.15) is 0 Å². The van der Waals surface area contributed by atoms with Crippen molar-refractivity contribution in [2.45, 2.75) is 45.2 Å². The molecule has 6 heteroatoms. The van der Waals surface area contributed by atoms with Crippen molar-refractivity contribution in [3.8, 4) is 0 Å². The van der Waals surface area contributed by atoms with E-state index in [1.807, 2.05) is 62.4 Å². The average molecular weight is 399 g/mol. The molecular weight excluding hydrogens is 368 g/mol. The smallest absolute Gasteiger partial charge is 0.321 e. The van der Waals surface area contributed by atoms with E-state index in [9.17, 15) is 19.8 Å². The van der Waals surface area contributed by atoms with Gasteiger partial charge >= 0.3 is 11.9 Å². The Morgan fingerprint density at radius 3 is 1.48 bits per heavy atom. The van der Waals surface area contributed by atoms with Gasteiger partial charge < -0.3 is 20.8 Å². The molecule has 0 aliphatic heterocycles. The number of carboxylic acids is 2. The summed E-state index contributed by atoms with van der Waals surface area (Å²) < 4.78 is 0. The maximum Gasteiger partial charge on any atom is 0.321 e. The first-order chi connectivity index (χ1) is 13.9. The predicted molar refractivity (Wildman–Crippen MR) is 113 cm³/mol. The van der Waals surface area contributed by atoms with E-state index in [1.165, 1.54) is 0 Å². The Balaban J connectivity index is 1.79. The molecule has 0 aromatic heterocycles. The SMILES string of the molecule is Cc1ccccc1C[C@H](NCCCN[C@@H](Cc1ccccc1C)C(=O)O)C(=O)O. The van der Waals surface area contributed by atoms with Crippen LogP contribution in [-0.4, -0.2) is 47.3 Å². The Hall–Kier alpha value is -2.70. The lowest BCUT2D eigenvalue weighted by atomic mass is 10.0. The molecule has 0 saturated heterocycles. The molecule has 0 fully saturated rings. The van der Waals surface area contributed by atoms with Crippen LogP contribution in [0.1, 0.15) is 28.7 Å². The number of carboxylic acid groups (broad SMARTS) is 2. The van der Waals surface area contributed by atoms with E-state index in [4.69, 9.17) is 0 Å². The molecular formula is C23H30N2O4. The number of rotatable bonds is 12. The van der Waals surface area contributed by atoms with Crippen LogP contribution < -0.4 is 10.6 Å². The predicted octanol–water partition coefficient (Wildman–Crippen LogP) is 2.56. The third kappa shape index (κ3) is 7.33. The van der Waals surface area contributed by atoms with Crippen LogP contribution in [0.3, 0.4) is 0 Å². The molecule has 0 saturated carbocycles. The van der Waals surface area contributed by atoms with Crippen molar-refractivity contribution in [3.63, 3.8) is 0 Å². The van der Waals surface area contributed by atoms with Crippen molar-refractivity contribution in [1.82, 2.24) is 10.6 Å². The number of hydrogen-bond donors (Lipinski definition) is 4. The van der Waals surface area contributed by atoms with Crippen molar-refractivity contribution in [2.75, 3.05) is 13.1 Å². The first kappa shape index (κ1) is 22.6. The first-order valence-corrected chi connectivity index (χ1v) is 9.90. The normalized spacial score (nSPS) is 13.0. The zero-order valence-electron chi connectivity index (χ0n) is 17.0. The molecule has 156 valence electrons. The quantitative estimate of drug-likeness (QED) is 0.410. The molecule has 0 radical (unpaired) electrons.